The molecule has 2 aromatic carbocycles. The van der Waals surface area contributed by atoms with Crippen LogP contribution in [0, 0.1) is 0 Å². The maximum absolute atomic E-state index is 12.4. The van der Waals surface area contributed by atoms with Gasteiger partial charge in [0.2, 0.25) is 5.91 Å². The maximum Gasteiger partial charge on any atom is 0.227 e. The lowest BCUT2D eigenvalue weighted by Gasteiger charge is -2.16. The minimum absolute atomic E-state index is 0.0500. The second-order valence-corrected chi connectivity index (χ2v) is 5.83. The monoisotopic (exact) mass is 337 g/mol. The highest BCUT2D eigenvalue weighted by Crippen LogP contribution is 2.27. The molecule has 3 rings (SSSR count). The van der Waals surface area contributed by atoms with E-state index in [1.807, 2.05) is 6.07 Å². The number of carbonyl (C=O) groups is 2. The van der Waals surface area contributed by atoms with Crippen molar-refractivity contribution in [1.29, 1.82) is 0 Å². The molecular formula is C20H19NO4. The van der Waals surface area contributed by atoms with Crippen molar-refractivity contribution in [3.05, 3.63) is 59.7 Å². The number of ketones is 1. The number of nitrogens with zero attached hydrogens (tertiary/aromatic N) is 1. The molecule has 128 valence electrons. The zero-order valence-corrected chi connectivity index (χ0v) is 13.9. The van der Waals surface area contributed by atoms with Crippen LogP contribution in [0.2, 0.25) is 0 Å². The van der Waals surface area contributed by atoms with Crippen molar-refractivity contribution in [2.24, 2.45) is 0 Å². The smallest absolute Gasteiger partial charge is 0.227 e. The van der Waals surface area contributed by atoms with Gasteiger partial charge in [-0.15, -0.1) is 0 Å². The summed E-state index contributed by atoms with van der Waals surface area (Å²) in [5, 5.41) is 9.60. The lowest BCUT2D eigenvalue weighted by atomic mass is 10.1. The molecule has 0 spiro atoms. The van der Waals surface area contributed by atoms with Crippen molar-refractivity contribution in [3.63, 3.8) is 0 Å². The third-order valence-corrected chi connectivity index (χ3v) is 4.15. The van der Waals surface area contributed by atoms with Crippen molar-refractivity contribution >= 4 is 23.5 Å². The quantitative estimate of drug-likeness (QED) is 0.670. The third kappa shape index (κ3) is 3.71. The molecule has 0 atom stereocenters. The number of allylic oxidation sites excluding steroid dienone is 1. The van der Waals surface area contributed by atoms with Crippen LogP contribution in [0.25, 0.3) is 6.08 Å². The number of phenols is 1. The number of anilines is 1. The van der Waals surface area contributed by atoms with E-state index in [0.29, 0.717) is 24.3 Å². The maximum atomic E-state index is 12.4. The van der Waals surface area contributed by atoms with E-state index in [0.717, 1.165) is 17.7 Å². The predicted molar refractivity (Wildman–Crippen MR) is 96.1 cm³/mol. The topological polar surface area (TPSA) is 66.8 Å². The van der Waals surface area contributed by atoms with Crippen LogP contribution >= 0.6 is 0 Å². The Morgan fingerprint density at radius 2 is 2.08 bits per heavy atom. The van der Waals surface area contributed by atoms with Crippen LogP contribution in [0.3, 0.4) is 0 Å². The minimum Gasteiger partial charge on any atom is -0.504 e. The van der Waals surface area contributed by atoms with Crippen LogP contribution in [0.15, 0.2) is 48.5 Å². The molecule has 1 N–H and O–H groups in total. The van der Waals surface area contributed by atoms with Gasteiger partial charge in [-0.05, 0) is 42.3 Å². The summed E-state index contributed by atoms with van der Waals surface area (Å²) in [6, 6.07) is 12.0. The highest BCUT2D eigenvalue weighted by atomic mass is 16.5. The van der Waals surface area contributed by atoms with Crippen molar-refractivity contribution in [2.75, 3.05) is 18.6 Å². The van der Waals surface area contributed by atoms with Crippen LogP contribution in [0.1, 0.15) is 28.8 Å². The van der Waals surface area contributed by atoms with E-state index < -0.39 is 0 Å². The molecule has 0 radical (unpaired) electrons. The first-order valence-corrected chi connectivity index (χ1v) is 8.08. The van der Waals surface area contributed by atoms with Crippen molar-refractivity contribution in [1.82, 2.24) is 0 Å². The van der Waals surface area contributed by atoms with Gasteiger partial charge in [-0.3, -0.25) is 9.59 Å². The number of aromatic hydroxyl groups is 1. The number of hydrogen-bond acceptors (Lipinski definition) is 4. The first-order valence-electron chi connectivity index (χ1n) is 8.08. The van der Waals surface area contributed by atoms with Crippen molar-refractivity contribution in [2.45, 2.75) is 12.8 Å². The summed E-state index contributed by atoms with van der Waals surface area (Å²) in [6.07, 6.45) is 4.54. The average molecular weight is 337 g/mol. The Balaban J connectivity index is 1.78. The van der Waals surface area contributed by atoms with E-state index in [1.54, 1.807) is 41.3 Å². The number of phenolic OH excluding ortho intramolecular Hbond substituents is 1. The Labute approximate surface area is 146 Å². The summed E-state index contributed by atoms with van der Waals surface area (Å²) in [5.41, 5.74) is 2.03. The van der Waals surface area contributed by atoms with Crippen molar-refractivity contribution in [3.8, 4) is 11.5 Å². The predicted octanol–water partition coefficient (Wildman–Crippen LogP) is 3.42. The number of methoxy groups -OCH3 is 1. The van der Waals surface area contributed by atoms with Gasteiger partial charge in [0.15, 0.2) is 17.3 Å². The molecule has 1 fully saturated rings. The van der Waals surface area contributed by atoms with Crippen LogP contribution in [-0.2, 0) is 4.79 Å². The fourth-order valence-corrected chi connectivity index (χ4v) is 2.81. The van der Waals surface area contributed by atoms with Crippen LogP contribution < -0.4 is 9.64 Å². The van der Waals surface area contributed by atoms with Gasteiger partial charge >= 0.3 is 0 Å². The van der Waals surface area contributed by atoms with Crippen LogP contribution in [-0.4, -0.2) is 30.5 Å². The molecule has 25 heavy (non-hydrogen) atoms. The summed E-state index contributed by atoms with van der Waals surface area (Å²) in [5.74, 6) is 0.343. The average Bonchev–Trinajstić information content (AvgIpc) is 3.07. The lowest BCUT2D eigenvalue weighted by Crippen LogP contribution is -2.23. The second kappa shape index (κ2) is 7.21. The first-order chi connectivity index (χ1) is 12.1. The van der Waals surface area contributed by atoms with Crippen LogP contribution in [0.5, 0.6) is 11.5 Å². The Kier molecular flexibility index (Phi) is 4.84. The normalized spacial score (nSPS) is 14.3. The zero-order valence-electron chi connectivity index (χ0n) is 13.9. The molecule has 1 aliphatic heterocycles. The first kappa shape index (κ1) is 16.8. The van der Waals surface area contributed by atoms with E-state index in [-0.39, 0.29) is 17.4 Å². The van der Waals surface area contributed by atoms with E-state index in [2.05, 4.69) is 0 Å². The number of benzene rings is 2. The highest BCUT2D eigenvalue weighted by Gasteiger charge is 2.22. The lowest BCUT2D eigenvalue weighted by molar-refractivity contribution is -0.117. The number of carbonyl (C=O) groups excluding carboxylic acids is 2. The number of hydrogen-bond donors (Lipinski definition) is 1. The van der Waals surface area contributed by atoms with Gasteiger partial charge in [0.25, 0.3) is 0 Å². The van der Waals surface area contributed by atoms with E-state index >= 15 is 0 Å². The van der Waals surface area contributed by atoms with E-state index in [1.165, 1.54) is 19.3 Å². The molecule has 0 aliphatic carbocycles. The Morgan fingerprint density at radius 3 is 2.80 bits per heavy atom. The standard InChI is InChI=1S/C20H19NO4/c1-25-19-12-14(8-10-18(19)23)7-9-17(22)15-4-2-5-16(13-15)21-11-3-6-20(21)24/h2,4-5,7-10,12-13,23H,3,6,11H2,1H3. The minimum atomic E-state index is -0.152. The van der Waals surface area contributed by atoms with Gasteiger partial charge in [-0.2, -0.15) is 0 Å². The molecule has 1 heterocycles. The van der Waals surface area contributed by atoms with E-state index in [4.69, 9.17) is 4.74 Å². The van der Waals surface area contributed by atoms with Gasteiger partial charge in [-0.1, -0.05) is 24.3 Å². The SMILES string of the molecule is COc1cc(C=CC(=O)c2cccc(N3CCCC3=O)c2)ccc1O. The van der Waals surface area contributed by atoms with E-state index in [9.17, 15) is 14.7 Å². The molecule has 0 unspecified atom stereocenters. The zero-order chi connectivity index (χ0) is 17.8. The molecule has 1 amide bonds. The summed E-state index contributed by atoms with van der Waals surface area (Å²) < 4.78 is 5.05. The molecule has 5 nitrogen and oxygen atoms in total. The van der Waals surface area contributed by atoms with Gasteiger partial charge in [0, 0.05) is 24.2 Å². The molecule has 1 aliphatic rings. The van der Waals surface area contributed by atoms with Crippen molar-refractivity contribution < 1.29 is 19.4 Å². The Morgan fingerprint density at radius 1 is 1.24 bits per heavy atom. The van der Waals surface area contributed by atoms with Gasteiger partial charge < -0.3 is 14.7 Å². The van der Waals surface area contributed by atoms with Gasteiger partial charge in [-0.25, -0.2) is 0 Å². The third-order valence-electron chi connectivity index (χ3n) is 4.15. The van der Waals surface area contributed by atoms with Crippen LogP contribution in [0.4, 0.5) is 5.69 Å². The Bertz CT molecular complexity index is 841. The fraction of sp³-hybridized carbons (Fsp3) is 0.200. The fourth-order valence-electron chi connectivity index (χ4n) is 2.81. The number of ether oxygens (including phenoxy) is 1. The van der Waals surface area contributed by atoms with Gasteiger partial charge in [0.1, 0.15) is 0 Å². The summed E-state index contributed by atoms with van der Waals surface area (Å²) >= 11 is 0. The summed E-state index contributed by atoms with van der Waals surface area (Å²) in [7, 11) is 1.47. The molecule has 0 aromatic heterocycles. The molecule has 1 saturated heterocycles. The summed E-state index contributed by atoms with van der Waals surface area (Å²) in [6.45, 7) is 0.694. The molecule has 5 heteroatoms. The second-order valence-electron chi connectivity index (χ2n) is 5.83. The molecular weight excluding hydrogens is 318 g/mol. The number of rotatable bonds is 5. The molecule has 2 aromatic rings. The molecule has 0 bridgehead atoms. The summed E-state index contributed by atoms with van der Waals surface area (Å²) in [4.78, 5) is 26.0. The van der Waals surface area contributed by atoms with Gasteiger partial charge in [0.05, 0.1) is 7.11 Å². The number of amides is 1. The largest absolute Gasteiger partial charge is 0.504 e. The Hall–Kier alpha value is -3.08. The molecule has 0 saturated carbocycles. The highest BCUT2D eigenvalue weighted by molar-refractivity contribution is 6.08.